The Hall–Kier alpha value is -2.06. The highest BCUT2D eigenvalue weighted by Gasteiger charge is 2.47. The standard InChI is InChI=1S/C21H22ClF3N2O2S/c22-15-10-8-14(9-11-15)13-27(20(29)21(23,24)25)18(17-7-4-12-30-17)19(28)26-16-5-2-1-3-6-16/h4,7-12,16,18H,1-3,5-6,13H2,(H,26,28). The van der Waals surface area contributed by atoms with Crippen LogP contribution >= 0.6 is 22.9 Å². The minimum absolute atomic E-state index is 0.0907. The normalized spacial score (nSPS) is 16.1. The average molecular weight is 459 g/mol. The van der Waals surface area contributed by atoms with Gasteiger partial charge in [0.05, 0.1) is 0 Å². The van der Waals surface area contributed by atoms with Gasteiger partial charge in [0.25, 0.3) is 0 Å². The molecule has 0 bridgehead atoms. The van der Waals surface area contributed by atoms with Crippen molar-refractivity contribution in [3.05, 3.63) is 57.2 Å². The van der Waals surface area contributed by atoms with Crippen LogP contribution in [0.3, 0.4) is 0 Å². The summed E-state index contributed by atoms with van der Waals surface area (Å²) in [6, 6.07) is 7.94. The summed E-state index contributed by atoms with van der Waals surface area (Å²) < 4.78 is 40.3. The van der Waals surface area contributed by atoms with Crippen molar-refractivity contribution in [2.45, 2.75) is 56.9 Å². The van der Waals surface area contributed by atoms with Gasteiger partial charge < -0.3 is 10.2 Å². The third kappa shape index (κ3) is 5.76. The Labute approximate surface area is 182 Å². The Morgan fingerprint density at radius 1 is 1.13 bits per heavy atom. The van der Waals surface area contributed by atoms with Crippen LogP contribution in [0.1, 0.15) is 48.6 Å². The Kier molecular flexibility index (Phi) is 7.41. The van der Waals surface area contributed by atoms with E-state index in [4.69, 9.17) is 11.6 Å². The molecule has 1 atom stereocenters. The first-order chi connectivity index (χ1) is 14.3. The second-order valence-corrected chi connectivity index (χ2v) is 8.73. The van der Waals surface area contributed by atoms with E-state index in [2.05, 4.69) is 5.32 Å². The maximum atomic E-state index is 13.4. The maximum absolute atomic E-state index is 13.4. The number of carbonyl (C=O) groups excluding carboxylic acids is 2. The highest BCUT2D eigenvalue weighted by molar-refractivity contribution is 7.10. The molecule has 1 aromatic carbocycles. The van der Waals surface area contributed by atoms with E-state index in [1.54, 1.807) is 29.6 Å². The van der Waals surface area contributed by atoms with Gasteiger partial charge in [-0.05, 0) is 42.0 Å². The zero-order valence-corrected chi connectivity index (χ0v) is 17.7. The number of nitrogens with one attached hydrogen (secondary N) is 1. The first kappa shape index (κ1) is 22.6. The van der Waals surface area contributed by atoms with Crippen molar-refractivity contribution in [1.82, 2.24) is 10.2 Å². The van der Waals surface area contributed by atoms with Crippen LogP contribution in [0.2, 0.25) is 5.02 Å². The number of thiophene rings is 1. The quantitative estimate of drug-likeness (QED) is 0.623. The number of hydrogen-bond acceptors (Lipinski definition) is 3. The number of nitrogens with zero attached hydrogens (tertiary/aromatic N) is 1. The van der Waals surface area contributed by atoms with E-state index in [0.717, 1.165) is 43.4 Å². The van der Waals surface area contributed by atoms with Crippen LogP contribution in [0.4, 0.5) is 13.2 Å². The molecule has 4 nitrogen and oxygen atoms in total. The number of hydrogen-bond donors (Lipinski definition) is 1. The summed E-state index contributed by atoms with van der Waals surface area (Å²) >= 11 is 7.01. The number of amides is 2. The predicted molar refractivity (Wildman–Crippen MR) is 110 cm³/mol. The molecule has 9 heteroatoms. The first-order valence-corrected chi connectivity index (χ1v) is 11.0. The third-order valence-electron chi connectivity index (χ3n) is 5.09. The van der Waals surface area contributed by atoms with Crippen molar-refractivity contribution in [2.24, 2.45) is 0 Å². The molecule has 1 N–H and O–H groups in total. The van der Waals surface area contributed by atoms with E-state index >= 15 is 0 Å². The maximum Gasteiger partial charge on any atom is 0.471 e. The smallest absolute Gasteiger partial charge is 0.351 e. The van der Waals surface area contributed by atoms with Crippen LogP contribution in [0, 0.1) is 0 Å². The Morgan fingerprint density at radius 3 is 2.37 bits per heavy atom. The number of alkyl halides is 3. The monoisotopic (exact) mass is 458 g/mol. The molecular formula is C21H22ClF3N2O2S. The summed E-state index contributed by atoms with van der Waals surface area (Å²) in [6.45, 7) is -0.365. The van der Waals surface area contributed by atoms with Gasteiger partial charge in [-0.3, -0.25) is 9.59 Å². The van der Waals surface area contributed by atoms with E-state index in [1.165, 1.54) is 12.1 Å². The largest absolute Gasteiger partial charge is 0.471 e. The van der Waals surface area contributed by atoms with Crippen molar-refractivity contribution in [1.29, 1.82) is 0 Å². The Morgan fingerprint density at radius 2 is 1.80 bits per heavy atom. The molecule has 1 aliphatic carbocycles. The van der Waals surface area contributed by atoms with E-state index in [-0.39, 0.29) is 12.6 Å². The van der Waals surface area contributed by atoms with Crippen LogP contribution in [-0.4, -0.2) is 28.9 Å². The van der Waals surface area contributed by atoms with Gasteiger partial charge >= 0.3 is 12.1 Å². The van der Waals surface area contributed by atoms with E-state index in [1.807, 2.05) is 0 Å². The van der Waals surface area contributed by atoms with Crippen molar-refractivity contribution in [3.8, 4) is 0 Å². The van der Waals surface area contributed by atoms with Gasteiger partial charge in [0.15, 0.2) is 0 Å². The summed E-state index contributed by atoms with van der Waals surface area (Å²) in [7, 11) is 0. The van der Waals surface area contributed by atoms with Crippen LogP contribution in [0.15, 0.2) is 41.8 Å². The molecule has 0 aliphatic heterocycles. The topological polar surface area (TPSA) is 49.4 Å². The molecule has 0 saturated heterocycles. The van der Waals surface area contributed by atoms with Crippen molar-refractivity contribution in [3.63, 3.8) is 0 Å². The summed E-state index contributed by atoms with van der Waals surface area (Å²) in [5.41, 5.74) is 0.448. The molecule has 1 saturated carbocycles. The molecule has 1 unspecified atom stereocenters. The highest BCUT2D eigenvalue weighted by Crippen LogP contribution is 2.32. The third-order valence-corrected chi connectivity index (χ3v) is 6.27. The highest BCUT2D eigenvalue weighted by atomic mass is 35.5. The molecule has 2 aromatic rings. The van der Waals surface area contributed by atoms with Gasteiger partial charge in [-0.1, -0.05) is 49.1 Å². The zero-order valence-electron chi connectivity index (χ0n) is 16.1. The molecule has 0 spiro atoms. The SMILES string of the molecule is O=C(NC1CCCCC1)C(c1cccs1)N(Cc1ccc(Cl)cc1)C(=O)C(F)(F)F. The molecule has 1 fully saturated rings. The lowest BCUT2D eigenvalue weighted by atomic mass is 9.95. The predicted octanol–water partition coefficient (Wildman–Crippen LogP) is 5.48. The number of halogens is 4. The summed E-state index contributed by atoms with van der Waals surface area (Å²) in [6.07, 6.45) is -0.529. The van der Waals surface area contributed by atoms with Crippen molar-refractivity contribution >= 4 is 34.8 Å². The molecule has 162 valence electrons. The number of rotatable bonds is 6. The van der Waals surface area contributed by atoms with E-state index in [0.29, 0.717) is 20.4 Å². The fourth-order valence-corrected chi connectivity index (χ4v) is 4.59. The Balaban J connectivity index is 1.94. The first-order valence-electron chi connectivity index (χ1n) is 9.71. The minimum atomic E-state index is -5.10. The van der Waals surface area contributed by atoms with Gasteiger partial charge in [0, 0.05) is 22.5 Å². The van der Waals surface area contributed by atoms with Gasteiger partial charge in [0.1, 0.15) is 6.04 Å². The molecule has 2 amide bonds. The van der Waals surface area contributed by atoms with Crippen LogP contribution in [-0.2, 0) is 16.1 Å². The second-order valence-electron chi connectivity index (χ2n) is 7.32. The van der Waals surface area contributed by atoms with Gasteiger partial charge in [-0.25, -0.2) is 0 Å². The van der Waals surface area contributed by atoms with Gasteiger partial charge in [0.2, 0.25) is 5.91 Å². The molecular weight excluding hydrogens is 437 g/mol. The second kappa shape index (κ2) is 9.83. The zero-order chi connectivity index (χ0) is 21.7. The summed E-state index contributed by atoms with van der Waals surface area (Å²) in [4.78, 5) is 26.5. The minimum Gasteiger partial charge on any atom is -0.351 e. The Bertz CT molecular complexity index is 850. The lowest BCUT2D eigenvalue weighted by Gasteiger charge is -2.33. The lowest BCUT2D eigenvalue weighted by Crippen LogP contribution is -2.49. The van der Waals surface area contributed by atoms with Crippen LogP contribution < -0.4 is 5.32 Å². The number of carbonyl (C=O) groups is 2. The summed E-state index contributed by atoms with van der Waals surface area (Å²) in [5, 5.41) is 4.98. The van der Waals surface area contributed by atoms with E-state index < -0.39 is 24.0 Å². The van der Waals surface area contributed by atoms with Crippen molar-refractivity contribution in [2.75, 3.05) is 0 Å². The molecule has 1 heterocycles. The van der Waals surface area contributed by atoms with Gasteiger partial charge in [-0.15, -0.1) is 11.3 Å². The van der Waals surface area contributed by atoms with Crippen molar-refractivity contribution < 1.29 is 22.8 Å². The molecule has 30 heavy (non-hydrogen) atoms. The van der Waals surface area contributed by atoms with Crippen LogP contribution in [0.25, 0.3) is 0 Å². The number of benzene rings is 1. The molecule has 1 aliphatic rings. The fourth-order valence-electron chi connectivity index (χ4n) is 3.63. The van der Waals surface area contributed by atoms with Gasteiger partial charge in [-0.2, -0.15) is 13.2 Å². The molecule has 1 aromatic heterocycles. The molecule has 3 rings (SSSR count). The van der Waals surface area contributed by atoms with Crippen LogP contribution in [0.5, 0.6) is 0 Å². The fraction of sp³-hybridized carbons (Fsp3) is 0.429. The summed E-state index contributed by atoms with van der Waals surface area (Å²) in [5.74, 6) is -2.63. The average Bonchev–Trinajstić information content (AvgIpc) is 3.23. The molecule has 0 radical (unpaired) electrons. The lowest BCUT2D eigenvalue weighted by molar-refractivity contribution is -0.189. The van der Waals surface area contributed by atoms with E-state index in [9.17, 15) is 22.8 Å².